The van der Waals surface area contributed by atoms with Gasteiger partial charge >= 0.3 is 5.97 Å². The number of carboxylic acids is 1. The molecule has 2 heteroatoms. The van der Waals surface area contributed by atoms with Gasteiger partial charge < -0.3 is 5.11 Å². The van der Waals surface area contributed by atoms with Crippen molar-refractivity contribution in [3.8, 4) is 0 Å². The minimum absolute atomic E-state index is 0.349. The van der Waals surface area contributed by atoms with E-state index in [9.17, 15) is 9.90 Å². The molecule has 0 spiro atoms. The summed E-state index contributed by atoms with van der Waals surface area (Å²) in [5.74, 6) is -0.568. The van der Waals surface area contributed by atoms with Crippen molar-refractivity contribution in [3.63, 3.8) is 0 Å². The van der Waals surface area contributed by atoms with E-state index in [1.165, 1.54) is 74.5 Å². The van der Waals surface area contributed by atoms with Gasteiger partial charge in [0.25, 0.3) is 0 Å². The molecule has 30 heavy (non-hydrogen) atoms. The second kappa shape index (κ2) is 9.88. The Morgan fingerprint density at radius 3 is 2.07 bits per heavy atom. The zero-order valence-electron chi connectivity index (χ0n) is 20.0. The predicted octanol–water partition coefficient (Wildman–Crippen LogP) is 7.87. The third-order valence-electron chi connectivity index (χ3n) is 8.35. The molecule has 2 nitrogen and oxygen atoms in total. The van der Waals surface area contributed by atoms with Crippen molar-refractivity contribution < 1.29 is 9.90 Å². The summed E-state index contributed by atoms with van der Waals surface area (Å²) in [4.78, 5) is 11.3. The van der Waals surface area contributed by atoms with Crippen molar-refractivity contribution in [2.45, 2.75) is 124 Å². The van der Waals surface area contributed by atoms with Gasteiger partial charge in [0.15, 0.2) is 0 Å². The van der Waals surface area contributed by atoms with Crippen LogP contribution in [-0.2, 0) is 17.6 Å². The lowest BCUT2D eigenvalue weighted by atomic mass is 9.88. The van der Waals surface area contributed by atoms with Gasteiger partial charge in [0.05, 0.1) is 5.41 Å². The quantitative estimate of drug-likeness (QED) is 0.316. The number of rotatable bonds is 14. The Hall–Kier alpha value is -1.31. The maximum atomic E-state index is 11.3. The van der Waals surface area contributed by atoms with Gasteiger partial charge in [-0.3, -0.25) is 4.79 Å². The van der Waals surface area contributed by atoms with Crippen molar-refractivity contribution in [2.24, 2.45) is 10.8 Å². The highest BCUT2D eigenvalue weighted by Gasteiger charge is 2.49. The lowest BCUT2D eigenvalue weighted by molar-refractivity contribution is -0.143. The first kappa shape index (κ1) is 23.4. The van der Waals surface area contributed by atoms with E-state index in [1.807, 2.05) is 0 Å². The van der Waals surface area contributed by atoms with Crippen LogP contribution >= 0.6 is 0 Å². The van der Waals surface area contributed by atoms with Crippen LogP contribution < -0.4 is 0 Å². The fraction of sp³-hybridized carbons (Fsp3) is 0.750. The van der Waals surface area contributed by atoms with Crippen LogP contribution in [0.3, 0.4) is 0 Å². The number of benzene rings is 1. The minimum atomic E-state index is -0.568. The van der Waals surface area contributed by atoms with Crippen molar-refractivity contribution in [1.29, 1.82) is 0 Å². The molecule has 0 radical (unpaired) electrons. The van der Waals surface area contributed by atoms with Gasteiger partial charge in [-0.25, -0.2) is 0 Å². The fourth-order valence-corrected chi connectivity index (χ4v) is 5.14. The fourth-order valence-electron chi connectivity index (χ4n) is 5.14. The molecule has 0 unspecified atom stereocenters. The smallest absolute Gasteiger partial charge is 0.309 e. The zero-order chi connectivity index (χ0) is 21.8. The highest BCUT2D eigenvalue weighted by molar-refractivity contribution is 5.77. The number of carbonyl (C=O) groups is 1. The molecule has 2 aliphatic rings. The van der Waals surface area contributed by atoms with E-state index >= 15 is 0 Å². The molecule has 0 bridgehead atoms. The van der Waals surface area contributed by atoms with Crippen LogP contribution in [0.15, 0.2) is 6.07 Å². The summed E-state index contributed by atoms with van der Waals surface area (Å²) >= 11 is 0. The summed E-state index contributed by atoms with van der Waals surface area (Å²) in [6.07, 6.45) is 18.2. The van der Waals surface area contributed by atoms with Gasteiger partial charge in [0.1, 0.15) is 0 Å². The molecular weight excluding hydrogens is 368 g/mol. The van der Waals surface area contributed by atoms with Crippen LogP contribution in [0.25, 0.3) is 0 Å². The molecule has 0 aliphatic heterocycles. The molecular formula is C28H44O2. The average Bonchev–Trinajstić information content (AvgIpc) is 3.62. The second-order valence-corrected chi connectivity index (χ2v) is 11.0. The Morgan fingerprint density at radius 1 is 0.833 bits per heavy atom. The lowest BCUT2D eigenvalue weighted by Gasteiger charge is -2.18. The number of aliphatic carboxylic acids is 1. The third-order valence-corrected chi connectivity index (χ3v) is 8.35. The summed E-state index contributed by atoms with van der Waals surface area (Å²) < 4.78 is 0. The van der Waals surface area contributed by atoms with Crippen LogP contribution in [0.2, 0.25) is 0 Å². The molecule has 0 saturated heterocycles. The van der Waals surface area contributed by atoms with Crippen molar-refractivity contribution >= 4 is 5.97 Å². The Morgan fingerprint density at radius 2 is 1.43 bits per heavy atom. The Balaban J connectivity index is 1.44. The predicted molar refractivity (Wildman–Crippen MR) is 126 cm³/mol. The van der Waals surface area contributed by atoms with Crippen LogP contribution in [0.4, 0.5) is 0 Å². The lowest BCUT2D eigenvalue weighted by Crippen LogP contribution is -2.14. The van der Waals surface area contributed by atoms with E-state index in [2.05, 4.69) is 33.8 Å². The summed E-state index contributed by atoms with van der Waals surface area (Å²) in [6, 6.07) is 2.45. The molecule has 0 atom stereocenters. The molecule has 2 saturated carbocycles. The molecule has 1 aromatic carbocycles. The van der Waals surface area contributed by atoms with Gasteiger partial charge in [0, 0.05) is 0 Å². The number of hydrogen-bond donors (Lipinski definition) is 1. The standard InChI is InChI=1S/C28H44O2/c1-21-20-24(12-8-5-6-10-14-27(4)16-17-27)25(23(3)22(21)2)13-9-7-11-15-28(18-19-28)26(29)30/h20H,5-19H2,1-4H3,(H,29,30). The average molecular weight is 413 g/mol. The summed E-state index contributed by atoms with van der Waals surface area (Å²) in [5, 5.41) is 9.35. The van der Waals surface area contributed by atoms with E-state index < -0.39 is 5.97 Å². The van der Waals surface area contributed by atoms with Gasteiger partial charge in [-0.2, -0.15) is 0 Å². The van der Waals surface area contributed by atoms with Crippen LogP contribution in [-0.4, -0.2) is 11.1 Å². The van der Waals surface area contributed by atoms with E-state index in [-0.39, 0.29) is 5.41 Å². The van der Waals surface area contributed by atoms with Crippen molar-refractivity contribution in [3.05, 3.63) is 33.9 Å². The monoisotopic (exact) mass is 412 g/mol. The van der Waals surface area contributed by atoms with E-state index in [1.54, 1.807) is 11.1 Å². The van der Waals surface area contributed by atoms with E-state index in [4.69, 9.17) is 0 Å². The number of unbranched alkanes of at least 4 members (excludes halogenated alkanes) is 5. The maximum Gasteiger partial charge on any atom is 0.309 e. The van der Waals surface area contributed by atoms with Crippen molar-refractivity contribution in [2.75, 3.05) is 0 Å². The van der Waals surface area contributed by atoms with E-state index in [0.717, 1.165) is 38.5 Å². The Bertz CT molecular complexity index is 737. The summed E-state index contributed by atoms with van der Waals surface area (Å²) in [7, 11) is 0. The zero-order valence-corrected chi connectivity index (χ0v) is 20.0. The summed E-state index contributed by atoms with van der Waals surface area (Å²) in [5.41, 5.74) is 7.91. The first-order valence-electron chi connectivity index (χ1n) is 12.6. The van der Waals surface area contributed by atoms with Crippen LogP contribution in [0.1, 0.15) is 118 Å². The Labute approximate surface area is 184 Å². The third kappa shape index (κ3) is 6.11. The van der Waals surface area contributed by atoms with Gasteiger partial charge in [-0.1, -0.05) is 45.1 Å². The molecule has 2 aliphatic carbocycles. The molecule has 1 aromatic rings. The SMILES string of the molecule is Cc1cc(CCCCCCC2(C)CC2)c(CCCCCC2(C(=O)O)CC2)c(C)c1C. The molecule has 0 amide bonds. The normalized spacial score (nSPS) is 18.4. The highest BCUT2D eigenvalue weighted by Crippen LogP contribution is 2.50. The first-order valence-corrected chi connectivity index (χ1v) is 12.6. The van der Waals surface area contributed by atoms with E-state index in [0.29, 0.717) is 5.41 Å². The molecule has 1 N–H and O–H groups in total. The largest absolute Gasteiger partial charge is 0.481 e. The van der Waals surface area contributed by atoms with Gasteiger partial charge in [-0.05, 0) is 118 Å². The maximum absolute atomic E-state index is 11.3. The highest BCUT2D eigenvalue weighted by atomic mass is 16.4. The number of carboxylic acid groups (broad SMARTS) is 1. The Kier molecular flexibility index (Phi) is 7.69. The summed E-state index contributed by atoms with van der Waals surface area (Å²) in [6.45, 7) is 9.28. The molecule has 3 rings (SSSR count). The minimum Gasteiger partial charge on any atom is -0.481 e. The molecule has 2 fully saturated rings. The molecule has 168 valence electrons. The van der Waals surface area contributed by atoms with Crippen LogP contribution in [0.5, 0.6) is 0 Å². The van der Waals surface area contributed by atoms with Crippen molar-refractivity contribution in [1.82, 2.24) is 0 Å². The van der Waals surface area contributed by atoms with Gasteiger partial charge in [-0.15, -0.1) is 0 Å². The van der Waals surface area contributed by atoms with Crippen LogP contribution in [0, 0.1) is 31.6 Å². The van der Waals surface area contributed by atoms with Gasteiger partial charge in [0.2, 0.25) is 0 Å². The number of hydrogen-bond acceptors (Lipinski definition) is 1. The first-order chi connectivity index (χ1) is 14.3. The second-order valence-electron chi connectivity index (χ2n) is 11.0. The molecule has 0 aromatic heterocycles. The topological polar surface area (TPSA) is 37.3 Å². The molecule has 0 heterocycles. The number of aryl methyl sites for hydroxylation is 2.